The summed E-state index contributed by atoms with van der Waals surface area (Å²) in [6.45, 7) is 8.65. The van der Waals surface area contributed by atoms with Crippen LogP contribution in [0.15, 0.2) is 24.3 Å². The van der Waals surface area contributed by atoms with Crippen LogP contribution in [0.5, 0.6) is 0 Å². The molecule has 0 unspecified atom stereocenters. The van der Waals surface area contributed by atoms with Gasteiger partial charge < -0.3 is 10.4 Å². The molecule has 0 amide bonds. The summed E-state index contributed by atoms with van der Waals surface area (Å²) in [4.78, 5) is 2.50. The summed E-state index contributed by atoms with van der Waals surface area (Å²) >= 11 is 2.36. The third-order valence-corrected chi connectivity index (χ3v) is 4.50. The highest BCUT2D eigenvalue weighted by atomic mass is 127. The monoisotopic (exact) mass is 374 g/mol. The lowest BCUT2D eigenvalue weighted by molar-refractivity contribution is 0.0305. The Morgan fingerprint density at radius 2 is 2.05 bits per heavy atom. The van der Waals surface area contributed by atoms with Gasteiger partial charge in [-0.25, -0.2) is 0 Å². The number of piperazine rings is 1. The van der Waals surface area contributed by atoms with Crippen LogP contribution in [0.3, 0.4) is 0 Å². The van der Waals surface area contributed by atoms with E-state index in [-0.39, 0.29) is 18.1 Å². The van der Waals surface area contributed by atoms with E-state index < -0.39 is 0 Å². The summed E-state index contributed by atoms with van der Waals surface area (Å²) in [5.41, 5.74) is 1.18. The fourth-order valence-corrected chi connectivity index (χ4v) is 3.43. The van der Waals surface area contributed by atoms with Crippen LogP contribution in [0, 0.1) is 8.99 Å². The molecule has 106 valence electrons. The van der Waals surface area contributed by atoms with Gasteiger partial charge in [0.2, 0.25) is 0 Å². The van der Waals surface area contributed by atoms with Crippen molar-refractivity contribution in [1.29, 1.82) is 0 Å². The van der Waals surface area contributed by atoms with E-state index in [9.17, 15) is 5.11 Å². The molecule has 1 heterocycles. The van der Waals surface area contributed by atoms with Crippen molar-refractivity contribution < 1.29 is 5.11 Å². The van der Waals surface area contributed by atoms with Crippen LogP contribution in [-0.2, 0) is 0 Å². The second-order valence-electron chi connectivity index (χ2n) is 5.89. The van der Waals surface area contributed by atoms with Gasteiger partial charge in [-0.1, -0.05) is 26.0 Å². The Morgan fingerprint density at radius 3 is 2.63 bits per heavy atom. The molecule has 0 aliphatic carbocycles. The average molecular weight is 374 g/mol. The van der Waals surface area contributed by atoms with Gasteiger partial charge in [0, 0.05) is 47.8 Å². The number of nitrogens with zero attached hydrogens (tertiary/aromatic N) is 1. The van der Waals surface area contributed by atoms with Crippen molar-refractivity contribution in [2.75, 3.05) is 32.8 Å². The zero-order chi connectivity index (χ0) is 13.9. The van der Waals surface area contributed by atoms with Gasteiger partial charge in [0.25, 0.3) is 0 Å². The SMILES string of the molecule is CC(C)(CO)[C@@H](c1cccc(I)c1)N1CCNCC1. The molecular weight excluding hydrogens is 351 g/mol. The van der Waals surface area contributed by atoms with Crippen molar-refractivity contribution in [2.45, 2.75) is 19.9 Å². The summed E-state index contributed by atoms with van der Waals surface area (Å²) in [5.74, 6) is 0. The normalized spacial score (nSPS) is 19.4. The molecule has 0 aromatic heterocycles. The average Bonchev–Trinajstić information content (AvgIpc) is 2.40. The van der Waals surface area contributed by atoms with E-state index in [2.05, 4.69) is 70.9 Å². The molecule has 1 aromatic carbocycles. The van der Waals surface area contributed by atoms with Crippen molar-refractivity contribution in [3.63, 3.8) is 0 Å². The van der Waals surface area contributed by atoms with E-state index >= 15 is 0 Å². The summed E-state index contributed by atoms with van der Waals surface area (Å²) < 4.78 is 1.25. The molecule has 1 aromatic rings. The molecule has 19 heavy (non-hydrogen) atoms. The highest BCUT2D eigenvalue weighted by molar-refractivity contribution is 14.1. The van der Waals surface area contributed by atoms with E-state index in [1.54, 1.807) is 0 Å². The molecule has 3 nitrogen and oxygen atoms in total. The maximum absolute atomic E-state index is 9.78. The first-order valence-electron chi connectivity index (χ1n) is 6.86. The molecule has 4 heteroatoms. The van der Waals surface area contributed by atoms with Crippen LogP contribution in [0.2, 0.25) is 0 Å². The van der Waals surface area contributed by atoms with E-state index in [0.29, 0.717) is 0 Å². The third kappa shape index (κ3) is 3.68. The molecular formula is C15H23IN2O. The number of halogens is 1. The van der Waals surface area contributed by atoms with E-state index in [1.807, 2.05) is 0 Å². The fraction of sp³-hybridized carbons (Fsp3) is 0.600. The number of rotatable bonds is 4. The Hall–Kier alpha value is -0.170. The molecule has 1 saturated heterocycles. The Bertz CT molecular complexity index is 416. The fourth-order valence-electron chi connectivity index (χ4n) is 2.86. The molecule has 1 aliphatic heterocycles. The van der Waals surface area contributed by atoms with Gasteiger partial charge in [-0.15, -0.1) is 0 Å². The minimum absolute atomic E-state index is 0.137. The summed E-state index contributed by atoms with van der Waals surface area (Å²) in [5, 5.41) is 13.2. The minimum Gasteiger partial charge on any atom is -0.396 e. The van der Waals surface area contributed by atoms with Crippen molar-refractivity contribution in [1.82, 2.24) is 10.2 Å². The second-order valence-corrected chi connectivity index (χ2v) is 7.14. The Kier molecular flexibility index (Phi) is 5.22. The Morgan fingerprint density at radius 1 is 1.37 bits per heavy atom. The predicted molar refractivity (Wildman–Crippen MR) is 87.2 cm³/mol. The van der Waals surface area contributed by atoms with E-state index in [1.165, 1.54) is 9.13 Å². The van der Waals surface area contributed by atoms with Crippen molar-refractivity contribution in [2.24, 2.45) is 5.41 Å². The minimum atomic E-state index is -0.137. The Labute approximate surface area is 129 Å². The molecule has 2 rings (SSSR count). The largest absolute Gasteiger partial charge is 0.396 e. The first-order chi connectivity index (χ1) is 9.04. The zero-order valence-corrected chi connectivity index (χ0v) is 13.9. The van der Waals surface area contributed by atoms with Gasteiger partial charge in [-0.3, -0.25) is 4.90 Å². The highest BCUT2D eigenvalue weighted by Crippen LogP contribution is 2.38. The van der Waals surface area contributed by atoms with Gasteiger partial charge in [0.15, 0.2) is 0 Å². The van der Waals surface area contributed by atoms with Crippen LogP contribution < -0.4 is 5.32 Å². The number of aliphatic hydroxyl groups is 1. The third-order valence-electron chi connectivity index (χ3n) is 3.83. The number of hydrogen-bond donors (Lipinski definition) is 2. The van der Waals surface area contributed by atoms with E-state index in [0.717, 1.165) is 26.2 Å². The first-order valence-corrected chi connectivity index (χ1v) is 7.93. The lowest BCUT2D eigenvalue weighted by atomic mass is 9.80. The molecule has 0 bridgehead atoms. The number of aliphatic hydroxyl groups excluding tert-OH is 1. The predicted octanol–water partition coefficient (Wildman–Crippen LogP) is 2.26. The van der Waals surface area contributed by atoms with Gasteiger partial charge >= 0.3 is 0 Å². The second kappa shape index (κ2) is 6.52. The molecule has 0 saturated carbocycles. The lowest BCUT2D eigenvalue weighted by Crippen LogP contribution is -2.49. The van der Waals surface area contributed by atoms with E-state index in [4.69, 9.17) is 0 Å². The number of hydrogen-bond acceptors (Lipinski definition) is 3. The molecule has 1 aliphatic rings. The highest BCUT2D eigenvalue weighted by Gasteiger charge is 2.35. The van der Waals surface area contributed by atoms with Crippen LogP contribution in [-0.4, -0.2) is 42.8 Å². The molecule has 0 spiro atoms. The number of nitrogens with one attached hydrogen (secondary N) is 1. The number of benzene rings is 1. The smallest absolute Gasteiger partial charge is 0.0500 e. The quantitative estimate of drug-likeness (QED) is 0.794. The van der Waals surface area contributed by atoms with Crippen LogP contribution in [0.1, 0.15) is 25.5 Å². The van der Waals surface area contributed by atoms with Crippen LogP contribution in [0.25, 0.3) is 0 Å². The molecule has 1 atom stereocenters. The summed E-state index contributed by atoms with van der Waals surface area (Å²) in [6.07, 6.45) is 0. The van der Waals surface area contributed by atoms with Gasteiger partial charge in [-0.05, 0) is 40.3 Å². The maximum Gasteiger partial charge on any atom is 0.0500 e. The standard InChI is InChI=1S/C15H23IN2O/c1-15(2,11-19)14(18-8-6-17-7-9-18)12-4-3-5-13(16)10-12/h3-5,10,14,17,19H,6-9,11H2,1-2H3/t14-/m1/s1. The molecule has 1 fully saturated rings. The summed E-state index contributed by atoms with van der Waals surface area (Å²) in [6, 6.07) is 8.93. The van der Waals surface area contributed by atoms with Crippen LogP contribution >= 0.6 is 22.6 Å². The van der Waals surface area contributed by atoms with Crippen molar-refractivity contribution in [3.8, 4) is 0 Å². The van der Waals surface area contributed by atoms with Gasteiger partial charge in [0.1, 0.15) is 0 Å². The van der Waals surface area contributed by atoms with Crippen molar-refractivity contribution >= 4 is 22.6 Å². The van der Waals surface area contributed by atoms with Gasteiger partial charge in [-0.2, -0.15) is 0 Å². The zero-order valence-electron chi connectivity index (χ0n) is 11.7. The summed E-state index contributed by atoms with van der Waals surface area (Å²) in [7, 11) is 0. The maximum atomic E-state index is 9.78. The van der Waals surface area contributed by atoms with Crippen molar-refractivity contribution in [3.05, 3.63) is 33.4 Å². The van der Waals surface area contributed by atoms with Gasteiger partial charge in [0.05, 0.1) is 0 Å². The topological polar surface area (TPSA) is 35.5 Å². The van der Waals surface area contributed by atoms with Crippen LogP contribution in [0.4, 0.5) is 0 Å². The lowest BCUT2D eigenvalue weighted by Gasteiger charge is -2.43. The molecule has 2 N–H and O–H groups in total. The molecule has 0 radical (unpaired) electrons. The Balaban J connectivity index is 2.33. The first kappa shape index (κ1) is 15.2.